The van der Waals surface area contributed by atoms with Crippen LogP contribution in [0.3, 0.4) is 0 Å². The molecule has 2 heterocycles. The fourth-order valence-corrected chi connectivity index (χ4v) is 3.14. The zero-order chi connectivity index (χ0) is 13.7. The summed E-state index contributed by atoms with van der Waals surface area (Å²) in [5.74, 6) is 0.888. The summed E-state index contributed by atoms with van der Waals surface area (Å²) in [6, 6.07) is 3.84. The molecular formula is C14H22N2O2S. The Hall–Kier alpha value is -0.940. The average Bonchev–Trinajstić information content (AvgIpc) is 2.43. The van der Waals surface area contributed by atoms with Crippen LogP contribution >= 0.6 is 11.9 Å². The van der Waals surface area contributed by atoms with Crippen molar-refractivity contribution in [2.45, 2.75) is 45.8 Å². The van der Waals surface area contributed by atoms with Crippen molar-refractivity contribution >= 4 is 17.6 Å². The maximum Gasteiger partial charge on any atom is 0.274 e. The first-order valence-corrected chi connectivity index (χ1v) is 7.90. The first-order chi connectivity index (χ1) is 9.22. The number of hydrogen-bond donors (Lipinski definition) is 1. The number of hydrogen-bond acceptors (Lipinski definition) is 4. The van der Waals surface area contributed by atoms with Crippen molar-refractivity contribution in [1.82, 2.24) is 4.57 Å². The third-order valence-corrected chi connectivity index (χ3v) is 4.34. The minimum Gasteiger partial charge on any atom is -0.377 e. The molecule has 1 unspecified atom stereocenters. The summed E-state index contributed by atoms with van der Waals surface area (Å²) >= 11 is 1.56. The second-order valence-electron chi connectivity index (χ2n) is 4.84. The van der Waals surface area contributed by atoms with Crippen LogP contribution in [0.15, 0.2) is 16.9 Å². The van der Waals surface area contributed by atoms with E-state index in [0.717, 1.165) is 24.5 Å². The van der Waals surface area contributed by atoms with Crippen LogP contribution in [0.5, 0.6) is 0 Å². The van der Waals surface area contributed by atoms with Crippen molar-refractivity contribution in [2.24, 2.45) is 0 Å². The molecule has 5 heteroatoms. The Morgan fingerprint density at radius 3 is 3.00 bits per heavy atom. The summed E-state index contributed by atoms with van der Waals surface area (Å²) in [4.78, 5) is 12.2. The first-order valence-electron chi connectivity index (χ1n) is 6.92. The van der Waals surface area contributed by atoms with Gasteiger partial charge in [0.25, 0.3) is 5.56 Å². The van der Waals surface area contributed by atoms with Crippen molar-refractivity contribution in [2.75, 3.05) is 17.1 Å². The van der Waals surface area contributed by atoms with E-state index in [1.54, 1.807) is 16.5 Å². The summed E-state index contributed by atoms with van der Waals surface area (Å²) in [7, 11) is 0. The highest BCUT2D eigenvalue weighted by atomic mass is 32.2. The maximum absolute atomic E-state index is 12.2. The number of anilines is 1. The molecular weight excluding hydrogens is 260 g/mol. The van der Waals surface area contributed by atoms with E-state index in [4.69, 9.17) is 4.74 Å². The highest BCUT2D eigenvalue weighted by Gasteiger charge is 2.14. The Morgan fingerprint density at radius 1 is 1.47 bits per heavy atom. The number of aromatic nitrogens is 1. The predicted molar refractivity (Wildman–Crippen MR) is 80.8 cm³/mol. The third-order valence-electron chi connectivity index (χ3n) is 3.43. The zero-order valence-electron chi connectivity index (χ0n) is 11.6. The average molecular weight is 282 g/mol. The lowest BCUT2D eigenvalue weighted by atomic mass is 10.1. The van der Waals surface area contributed by atoms with Crippen molar-refractivity contribution in [3.63, 3.8) is 0 Å². The van der Waals surface area contributed by atoms with Crippen LogP contribution in [0, 0.1) is 6.92 Å². The van der Waals surface area contributed by atoms with Crippen LogP contribution in [0.1, 0.15) is 31.9 Å². The molecule has 0 aromatic carbocycles. The van der Waals surface area contributed by atoms with Gasteiger partial charge in [0.05, 0.1) is 6.10 Å². The quantitative estimate of drug-likeness (QED) is 0.843. The van der Waals surface area contributed by atoms with Gasteiger partial charge in [0.1, 0.15) is 5.69 Å². The molecule has 0 bridgehead atoms. The molecule has 0 spiro atoms. The molecule has 19 heavy (non-hydrogen) atoms. The van der Waals surface area contributed by atoms with Gasteiger partial charge in [-0.25, -0.2) is 0 Å². The highest BCUT2D eigenvalue weighted by molar-refractivity contribution is 8.00. The Labute approximate surface area is 118 Å². The SMILES string of the molecule is CCn1c(C)ccc(NSCC2CCCCO2)c1=O. The molecule has 1 aromatic heterocycles. The normalized spacial score (nSPS) is 19.4. The van der Waals surface area contributed by atoms with Crippen molar-refractivity contribution < 1.29 is 4.74 Å². The van der Waals surface area contributed by atoms with Crippen LogP contribution in [0.4, 0.5) is 5.69 Å². The van der Waals surface area contributed by atoms with E-state index < -0.39 is 0 Å². The van der Waals surface area contributed by atoms with Gasteiger partial charge < -0.3 is 14.0 Å². The van der Waals surface area contributed by atoms with E-state index in [2.05, 4.69) is 4.72 Å². The maximum atomic E-state index is 12.2. The van der Waals surface area contributed by atoms with Crippen LogP contribution in [-0.4, -0.2) is 23.0 Å². The minimum atomic E-state index is 0.0552. The smallest absolute Gasteiger partial charge is 0.274 e. The third kappa shape index (κ3) is 3.76. The predicted octanol–water partition coefficient (Wildman–Crippen LogP) is 2.81. The summed E-state index contributed by atoms with van der Waals surface area (Å²) < 4.78 is 10.6. The standard InChI is InChI=1S/C14H22N2O2S/c1-3-16-11(2)7-8-13(14(16)17)15-19-10-12-6-4-5-9-18-12/h7-8,12,15H,3-6,9-10H2,1-2H3. The van der Waals surface area contributed by atoms with E-state index in [1.807, 2.05) is 26.0 Å². The molecule has 0 saturated carbocycles. The molecule has 1 aliphatic heterocycles. The lowest BCUT2D eigenvalue weighted by Crippen LogP contribution is -2.25. The number of rotatable bonds is 5. The van der Waals surface area contributed by atoms with Crippen LogP contribution in [0.2, 0.25) is 0 Å². The molecule has 0 radical (unpaired) electrons. The van der Waals surface area contributed by atoms with Gasteiger partial charge in [0.15, 0.2) is 0 Å². The van der Waals surface area contributed by atoms with Crippen LogP contribution in [0.25, 0.3) is 0 Å². The van der Waals surface area contributed by atoms with Gasteiger partial charge >= 0.3 is 0 Å². The lowest BCUT2D eigenvalue weighted by molar-refractivity contribution is 0.0316. The molecule has 4 nitrogen and oxygen atoms in total. The van der Waals surface area contributed by atoms with Crippen molar-refractivity contribution in [3.05, 3.63) is 28.2 Å². The Kier molecular flexibility index (Phi) is 5.34. The largest absolute Gasteiger partial charge is 0.377 e. The Morgan fingerprint density at radius 2 is 2.32 bits per heavy atom. The van der Waals surface area contributed by atoms with Gasteiger partial charge in [0, 0.05) is 24.6 Å². The first kappa shape index (κ1) is 14.5. The molecule has 1 atom stereocenters. The summed E-state index contributed by atoms with van der Waals surface area (Å²) in [6.07, 6.45) is 3.87. The monoisotopic (exact) mass is 282 g/mol. The molecule has 106 valence electrons. The second-order valence-corrected chi connectivity index (χ2v) is 5.67. The summed E-state index contributed by atoms with van der Waals surface area (Å²) in [6.45, 7) is 5.52. The molecule has 1 saturated heterocycles. The molecule has 1 N–H and O–H groups in total. The van der Waals surface area contributed by atoms with Gasteiger partial charge in [-0.2, -0.15) is 0 Å². The second kappa shape index (κ2) is 7.01. The van der Waals surface area contributed by atoms with Gasteiger partial charge in [-0.15, -0.1) is 0 Å². The molecule has 1 aliphatic rings. The number of nitrogens with zero attached hydrogens (tertiary/aromatic N) is 1. The lowest BCUT2D eigenvalue weighted by Gasteiger charge is -2.22. The number of pyridine rings is 1. The Balaban J connectivity index is 1.90. The van der Waals surface area contributed by atoms with E-state index in [-0.39, 0.29) is 5.56 Å². The fourth-order valence-electron chi connectivity index (χ4n) is 2.29. The molecule has 1 aromatic rings. The van der Waals surface area contributed by atoms with E-state index >= 15 is 0 Å². The van der Waals surface area contributed by atoms with Crippen molar-refractivity contribution in [3.8, 4) is 0 Å². The van der Waals surface area contributed by atoms with Gasteiger partial charge in [-0.1, -0.05) is 0 Å². The summed E-state index contributed by atoms with van der Waals surface area (Å²) in [5.41, 5.74) is 1.71. The number of aryl methyl sites for hydroxylation is 1. The Bertz CT molecular complexity index is 467. The van der Waals surface area contributed by atoms with E-state index in [1.165, 1.54) is 12.8 Å². The van der Waals surface area contributed by atoms with Crippen molar-refractivity contribution in [1.29, 1.82) is 0 Å². The molecule has 2 rings (SSSR count). The van der Waals surface area contributed by atoms with Gasteiger partial charge in [-0.05, 0) is 57.2 Å². The van der Waals surface area contributed by atoms with Gasteiger partial charge in [-0.3, -0.25) is 4.79 Å². The summed E-state index contributed by atoms with van der Waals surface area (Å²) in [5, 5.41) is 0. The molecule has 0 amide bonds. The number of ether oxygens (including phenoxy) is 1. The van der Waals surface area contributed by atoms with Gasteiger partial charge in [0.2, 0.25) is 0 Å². The molecule has 1 fully saturated rings. The van der Waals surface area contributed by atoms with E-state index in [9.17, 15) is 4.79 Å². The highest BCUT2D eigenvalue weighted by Crippen LogP contribution is 2.18. The van der Waals surface area contributed by atoms with E-state index in [0.29, 0.717) is 18.3 Å². The number of nitrogens with one attached hydrogen (secondary N) is 1. The van der Waals surface area contributed by atoms with Crippen LogP contribution in [-0.2, 0) is 11.3 Å². The minimum absolute atomic E-state index is 0.0552. The topological polar surface area (TPSA) is 43.3 Å². The fraction of sp³-hybridized carbons (Fsp3) is 0.643. The van der Waals surface area contributed by atoms with Crippen LogP contribution < -0.4 is 10.3 Å². The molecule has 0 aliphatic carbocycles. The zero-order valence-corrected chi connectivity index (χ0v) is 12.5.